The van der Waals surface area contributed by atoms with Crippen LogP contribution in [0.3, 0.4) is 0 Å². The van der Waals surface area contributed by atoms with Gasteiger partial charge in [-0.05, 0) is 30.2 Å². The zero-order chi connectivity index (χ0) is 18.0. The minimum atomic E-state index is -0.311. The maximum absolute atomic E-state index is 12.4. The van der Waals surface area contributed by atoms with Gasteiger partial charge in [-0.2, -0.15) is 0 Å². The number of hydrogen-bond acceptors (Lipinski definition) is 3. The number of aromatic hydroxyl groups is 1. The van der Waals surface area contributed by atoms with Crippen molar-refractivity contribution in [3.8, 4) is 5.75 Å². The molecule has 0 aliphatic rings. The Hall–Kier alpha value is -3.28. The number of nitrogens with zero attached hydrogens (tertiary/aromatic N) is 1. The number of rotatable bonds is 4. The van der Waals surface area contributed by atoms with E-state index in [1.807, 2.05) is 13.0 Å². The topological polar surface area (TPSA) is 87.1 Å². The van der Waals surface area contributed by atoms with Gasteiger partial charge in [-0.1, -0.05) is 24.3 Å². The van der Waals surface area contributed by atoms with E-state index in [1.54, 1.807) is 49.8 Å². The molecule has 3 rings (SSSR count). The average Bonchev–Trinajstić information content (AvgIpc) is 3.02. The minimum Gasteiger partial charge on any atom is -0.508 e. The number of phenols is 1. The molecular weight excluding hydrogens is 318 g/mol. The summed E-state index contributed by atoms with van der Waals surface area (Å²) in [6.07, 6.45) is 6.89. The Labute approximate surface area is 144 Å². The van der Waals surface area contributed by atoms with E-state index < -0.39 is 0 Å². The van der Waals surface area contributed by atoms with Gasteiger partial charge in [0.15, 0.2) is 0 Å². The van der Waals surface area contributed by atoms with Crippen LogP contribution in [0, 0.1) is 6.92 Å². The molecule has 6 nitrogen and oxygen atoms in total. The third-order valence-corrected chi connectivity index (χ3v) is 4.00. The molecule has 2 aromatic heterocycles. The predicted octanol–water partition coefficient (Wildman–Crippen LogP) is 2.32. The first-order valence-corrected chi connectivity index (χ1v) is 7.88. The number of aryl methyl sites for hydroxylation is 2. The molecule has 0 aliphatic carbocycles. The van der Waals surface area contributed by atoms with Gasteiger partial charge in [0, 0.05) is 26.0 Å². The molecule has 0 saturated heterocycles. The van der Waals surface area contributed by atoms with Crippen molar-refractivity contribution in [3.63, 3.8) is 0 Å². The lowest BCUT2D eigenvalue weighted by atomic mass is 10.1. The number of amides is 1. The molecule has 1 amide bonds. The number of hydrogen-bond donors (Lipinski definition) is 3. The van der Waals surface area contributed by atoms with Crippen molar-refractivity contribution in [1.29, 1.82) is 0 Å². The molecule has 25 heavy (non-hydrogen) atoms. The van der Waals surface area contributed by atoms with Gasteiger partial charge in [0.1, 0.15) is 5.75 Å². The highest BCUT2D eigenvalue weighted by atomic mass is 16.3. The normalized spacial score (nSPS) is 11.3. The number of aromatic amines is 1. The number of nitrogens with one attached hydrogen (secondary N) is 2. The van der Waals surface area contributed by atoms with Crippen molar-refractivity contribution in [2.24, 2.45) is 7.05 Å². The summed E-state index contributed by atoms with van der Waals surface area (Å²) in [7, 11) is 1.67. The fourth-order valence-corrected chi connectivity index (χ4v) is 2.80. The van der Waals surface area contributed by atoms with Crippen molar-refractivity contribution in [2.45, 2.75) is 6.92 Å². The summed E-state index contributed by atoms with van der Waals surface area (Å²) < 4.78 is 1.48. The van der Waals surface area contributed by atoms with E-state index in [0.717, 1.165) is 11.1 Å². The van der Waals surface area contributed by atoms with Crippen LogP contribution in [0.2, 0.25) is 0 Å². The molecule has 3 aromatic rings. The highest BCUT2D eigenvalue weighted by Crippen LogP contribution is 2.17. The van der Waals surface area contributed by atoms with Crippen molar-refractivity contribution in [2.75, 3.05) is 6.54 Å². The van der Waals surface area contributed by atoms with Crippen LogP contribution >= 0.6 is 0 Å². The predicted molar refractivity (Wildman–Crippen MR) is 97.8 cm³/mol. The second kappa shape index (κ2) is 6.68. The van der Waals surface area contributed by atoms with Crippen LogP contribution in [0.1, 0.15) is 21.5 Å². The monoisotopic (exact) mass is 337 g/mol. The first kappa shape index (κ1) is 16.6. The molecule has 0 unspecified atom stereocenters. The van der Waals surface area contributed by atoms with Gasteiger partial charge < -0.3 is 20.0 Å². The van der Waals surface area contributed by atoms with Crippen molar-refractivity contribution in [3.05, 3.63) is 69.8 Å². The first-order valence-electron chi connectivity index (χ1n) is 7.88. The van der Waals surface area contributed by atoms with E-state index in [-0.39, 0.29) is 17.2 Å². The molecule has 0 bridgehead atoms. The molecule has 0 atom stereocenters. The van der Waals surface area contributed by atoms with Gasteiger partial charge in [-0.15, -0.1) is 0 Å². The Morgan fingerprint density at radius 3 is 2.96 bits per heavy atom. The molecule has 0 spiro atoms. The van der Waals surface area contributed by atoms with Crippen molar-refractivity contribution < 1.29 is 9.90 Å². The van der Waals surface area contributed by atoms with Crippen LogP contribution in [0.25, 0.3) is 17.0 Å². The lowest BCUT2D eigenvalue weighted by molar-refractivity contribution is 0.0959. The van der Waals surface area contributed by atoms with E-state index >= 15 is 0 Å². The summed E-state index contributed by atoms with van der Waals surface area (Å²) in [4.78, 5) is 27.8. The number of aromatic nitrogens is 2. The molecular formula is C19H19N3O3. The highest BCUT2D eigenvalue weighted by molar-refractivity contribution is 6.07. The lowest BCUT2D eigenvalue weighted by Gasteiger charge is -2.04. The summed E-state index contributed by atoms with van der Waals surface area (Å²) in [5, 5.41) is 12.6. The number of benzene rings is 1. The maximum Gasteiger partial charge on any atom is 0.260 e. The quantitative estimate of drug-likeness (QED) is 0.683. The van der Waals surface area contributed by atoms with Crippen LogP contribution in [0.5, 0.6) is 5.75 Å². The van der Waals surface area contributed by atoms with Crippen molar-refractivity contribution >= 4 is 22.9 Å². The van der Waals surface area contributed by atoms with Gasteiger partial charge in [0.2, 0.25) is 0 Å². The van der Waals surface area contributed by atoms with Crippen molar-refractivity contribution in [1.82, 2.24) is 14.9 Å². The smallest absolute Gasteiger partial charge is 0.260 e. The average molecular weight is 337 g/mol. The molecule has 2 heterocycles. The lowest BCUT2D eigenvalue weighted by Crippen LogP contribution is -2.25. The van der Waals surface area contributed by atoms with Gasteiger partial charge in [-0.25, -0.2) is 0 Å². The van der Waals surface area contributed by atoms with Crippen LogP contribution in [-0.2, 0) is 7.05 Å². The minimum absolute atomic E-state index is 0.191. The Kier molecular flexibility index (Phi) is 4.43. The Morgan fingerprint density at radius 1 is 1.40 bits per heavy atom. The van der Waals surface area contributed by atoms with E-state index in [4.69, 9.17) is 0 Å². The SMILES string of the molecule is Cc1cn(C)c(=O)c2c(C(=O)NC/C=C\c3cccc(O)c3)c[nH]c12. The van der Waals surface area contributed by atoms with Gasteiger partial charge >= 0.3 is 0 Å². The van der Waals surface area contributed by atoms with Gasteiger partial charge in [0.05, 0.1) is 16.5 Å². The van der Waals surface area contributed by atoms with Crippen LogP contribution in [0.15, 0.2) is 47.5 Å². The summed E-state index contributed by atoms with van der Waals surface area (Å²) in [6.45, 7) is 2.20. The zero-order valence-electron chi connectivity index (χ0n) is 14.0. The molecule has 3 N–H and O–H groups in total. The number of carbonyl (C=O) groups excluding carboxylic acids is 1. The van der Waals surface area contributed by atoms with E-state index in [0.29, 0.717) is 23.0 Å². The highest BCUT2D eigenvalue weighted by Gasteiger charge is 2.16. The van der Waals surface area contributed by atoms with E-state index in [9.17, 15) is 14.7 Å². The number of pyridine rings is 1. The second-order valence-corrected chi connectivity index (χ2v) is 5.89. The maximum atomic E-state index is 12.4. The second-order valence-electron chi connectivity index (χ2n) is 5.89. The Morgan fingerprint density at radius 2 is 2.20 bits per heavy atom. The Bertz CT molecular complexity index is 1030. The number of H-pyrrole nitrogens is 1. The van der Waals surface area contributed by atoms with E-state index in [2.05, 4.69) is 10.3 Å². The summed E-state index contributed by atoms with van der Waals surface area (Å²) >= 11 is 0. The van der Waals surface area contributed by atoms with Gasteiger partial charge in [0.25, 0.3) is 11.5 Å². The largest absolute Gasteiger partial charge is 0.508 e. The third-order valence-electron chi connectivity index (χ3n) is 4.00. The molecule has 6 heteroatoms. The van der Waals surface area contributed by atoms with Crippen LogP contribution < -0.4 is 10.9 Å². The Balaban J connectivity index is 1.76. The fourth-order valence-electron chi connectivity index (χ4n) is 2.80. The molecule has 0 aliphatic heterocycles. The molecule has 0 radical (unpaired) electrons. The van der Waals surface area contributed by atoms with Gasteiger partial charge in [-0.3, -0.25) is 9.59 Å². The van der Waals surface area contributed by atoms with Crippen LogP contribution in [0.4, 0.5) is 0 Å². The standard InChI is InChI=1S/C19H19N3O3/c1-12-11-22(2)19(25)16-15(10-21-17(12)16)18(24)20-8-4-6-13-5-3-7-14(23)9-13/h3-7,9-11,21,23H,8H2,1-2H3,(H,20,24)/b6-4-. The number of fused-ring (bicyclic) bond motifs is 1. The number of carbonyl (C=O) groups is 1. The summed E-state index contributed by atoms with van der Waals surface area (Å²) in [5.74, 6) is -0.120. The molecule has 0 saturated carbocycles. The third kappa shape index (κ3) is 3.33. The first-order chi connectivity index (χ1) is 12.0. The molecule has 128 valence electrons. The van der Waals surface area contributed by atoms with E-state index in [1.165, 1.54) is 4.57 Å². The molecule has 0 fully saturated rings. The summed E-state index contributed by atoms with van der Waals surface area (Å²) in [6, 6.07) is 6.82. The zero-order valence-corrected chi connectivity index (χ0v) is 14.0. The summed E-state index contributed by atoms with van der Waals surface area (Å²) in [5.41, 5.74) is 2.56. The fraction of sp³-hybridized carbons (Fsp3) is 0.158. The molecule has 1 aromatic carbocycles. The number of phenolic OH excluding ortho intramolecular Hbond substituents is 1. The van der Waals surface area contributed by atoms with Crippen LogP contribution in [-0.4, -0.2) is 27.1 Å².